The Labute approximate surface area is 105 Å². The van der Waals surface area contributed by atoms with E-state index in [4.69, 9.17) is 0 Å². The van der Waals surface area contributed by atoms with E-state index < -0.39 is 0 Å². The Bertz CT molecular complexity index is 400. The minimum absolute atomic E-state index is 0.604. The number of hydrogen-bond donors (Lipinski definition) is 1. The molecule has 0 bridgehead atoms. The van der Waals surface area contributed by atoms with Gasteiger partial charge in [0.15, 0.2) is 0 Å². The van der Waals surface area contributed by atoms with E-state index in [1.807, 2.05) is 7.05 Å². The predicted octanol–water partition coefficient (Wildman–Crippen LogP) is 3.82. The molecule has 0 radical (unpaired) electrons. The van der Waals surface area contributed by atoms with E-state index in [0.717, 1.165) is 12.5 Å². The molecular formula is C16H23N. The maximum Gasteiger partial charge on any atom is 0.0167 e. The summed E-state index contributed by atoms with van der Waals surface area (Å²) in [5.41, 5.74) is 4.35. The first-order valence-corrected chi connectivity index (χ1v) is 6.65. The molecule has 1 saturated carbocycles. The molecule has 0 unspecified atom stereocenters. The molecule has 0 aromatic heterocycles. The summed E-state index contributed by atoms with van der Waals surface area (Å²) in [4.78, 5) is 0. The first kappa shape index (κ1) is 12.4. The summed E-state index contributed by atoms with van der Waals surface area (Å²) < 4.78 is 0. The van der Waals surface area contributed by atoms with Crippen LogP contribution < -0.4 is 5.32 Å². The highest BCUT2D eigenvalue weighted by Crippen LogP contribution is 2.40. The Morgan fingerprint density at radius 3 is 2.76 bits per heavy atom. The van der Waals surface area contributed by atoms with E-state index >= 15 is 0 Å². The van der Waals surface area contributed by atoms with E-state index in [1.54, 1.807) is 0 Å². The molecule has 0 amide bonds. The molecule has 1 nitrogen and oxygen atoms in total. The molecule has 1 aromatic carbocycles. The second kappa shape index (κ2) is 5.50. The molecule has 0 heterocycles. The fourth-order valence-electron chi connectivity index (χ4n) is 2.16. The highest BCUT2D eigenvalue weighted by Gasteiger charge is 2.23. The van der Waals surface area contributed by atoms with Gasteiger partial charge in [0, 0.05) is 6.54 Å². The molecule has 1 N–H and O–H groups in total. The summed E-state index contributed by atoms with van der Waals surface area (Å²) in [5, 5.41) is 3.25. The Kier molecular flexibility index (Phi) is 4.01. The second-order valence-corrected chi connectivity index (χ2v) is 5.35. The predicted molar refractivity (Wildman–Crippen MR) is 75.2 cm³/mol. The number of benzene rings is 1. The SMILES string of the molecule is CNCC(=Cc1cccc(C2CC2)c1)C(C)C. The van der Waals surface area contributed by atoms with Crippen LogP contribution in [-0.2, 0) is 0 Å². The second-order valence-electron chi connectivity index (χ2n) is 5.35. The average Bonchev–Trinajstić information content (AvgIpc) is 3.12. The number of rotatable bonds is 5. The van der Waals surface area contributed by atoms with Crippen LogP contribution in [0.2, 0.25) is 0 Å². The highest BCUT2D eigenvalue weighted by atomic mass is 14.8. The van der Waals surface area contributed by atoms with Gasteiger partial charge in [-0.25, -0.2) is 0 Å². The molecule has 2 rings (SSSR count). The van der Waals surface area contributed by atoms with Gasteiger partial charge in [0.05, 0.1) is 0 Å². The molecule has 0 saturated heterocycles. The van der Waals surface area contributed by atoms with E-state index in [-0.39, 0.29) is 0 Å². The van der Waals surface area contributed by atoms with Crippen molar-refractivity contribution in [3.8, 4) is 0 Å². The molecule has 0 atom stereocenters. The lowest BCUT2D eigenvalue weighted by molar-refractivity contribution is 0.713. The van der Waals surface area contributed by atoms with Gasteiger partial charge in [-0.1, -0.05) is 49.8 Å². The standard InChI is InChI=1S/C16H23N/c1-12(2)16(11-17-3)10-13-5-4-6-15(9-13)14-7-8-14/h4-6,9-10,12,14,17H,7-8,11H2,1-3H3. The number of likely N-dealkylation sites (N-methyl/N-ethyl adjacent to an activating group) is 1. The molecule has 1 heteroatoms. The highest BCUT2D eigenvalue weighted by molar-refractivity contribution is 5.55. The lowest BCUT2D eigenvalue weighted by Gasteiger charge is -2.11. The van der Waals surface area contributed by atoms with Crippen molar-refractivity contribution in [2.75, 3.05) is 13.6 Å². The normalized spacial score (nSPS) is 16.6. The van der Waals surface area contributed by atoms with Crippen molar-refractivity contribution in [3.63, 3.8) is 0 Å². The van der Waals surface area contributed by atoms with E-state index in [2.05, 4.69) is 49.5 Å². The lowest BCUT2D eigenvalue weighted by atomic mass is 9.99. The summed E-state index contributed by atoms with van der Waals surface area (Å²) in [7, 11) is 2.01. The third kappa shape index (κ3) is 3.44. The van der Waals surface area contributed by atoms with Crippen molar-refractivity contribution in [1.82, 2.24) is 5.32 Å². The third-order valence-electron chi connectivity index (χ3n) is 3.43. The van der Waals surface area contributed by atoms with Crippen molar-refractivity contribution in [2.45, 2.75) is 32.6 Å². The van der Waals surface area contributed by atoms with Gasteiger partial charge in [0.1, 0.15) is 0 Å². The number of nitrogens with one attached hydrogen (secondary N) is 1. The van der Waals surface area contributed by atoms with Crippen LogP contribution in [0.5, 0.6) is 0 Å². The van der Waals surface area contributed by atoms with Crippen LogP contribution in [0.1, 0.15) is 43.7 Å². The zero-order valence-electron chi connectivity index (χ0n) is 11.2. The maximum atomic E-state index is 3.25. The van der Waals surface area contributed by atoms with Crippen LogP contribution in [0.3, 0.4) is 0 Å². The monoisotopic (exact) mass is 229 g/mol. The van der Waals surface area contributed by atoms with Crippen LogP contribution in [0.15, 0.2) is 29.8 Å². The zero-order chi connectivity index (χ0) is 12.3. The van der Waals surface area contributed by atoms with Crippen molar-refractivity contribution in [2.24, 2.45) is 5.92 Å². The van der Waals surface area contributed by atoms with E-state index in [1.165, 1.54) is 29.5 Å². The van der Waals surface area contributed by atoms with Crippen molar-refractivity contribution < 1.29 is 0 Å². The Hall–Kier alpha value is -1.08. The summed E-state index contributed by atoms with van der Waals surface area (Å²) in [5.74, 6) is 1.45. The van der Waals surface area contributed by atoms with Crippen LogP contribution in [0.4, 0.5) is 0 Å². The van der Waals surface area contributed by atoms with Crippen LogP contribution in [0, 0.1) is 5.92 Å². The van der Waals surface area contributed by atoms with Gasteiger partial charge >= 0.3 is 0 Å². The molecule has 0 aliphatic heterocycles. The summed E-state index contributed by atoms with van der Waals surface area (Å²) in [6, 6.07) is 9.03. The van der Waals surface area contributed by atoms with E-state index in [0.29, 0.717) is 5.92 Å². The summed E-state index contributed by atoms with van der Waals surface area (Å²) >= 11 is 0. The maximum absolute atomic E-state index is 3.25. The summed E-state index contributed by atoms with van der Waals surface area (Å²) in [6.45, 7) is 5.49. The fraction of sp³-hybridized carbons (Fsp3) is 0.500. The molecule has 1 aliphatic rings. The van der Waals surface area contributed by atoms with Gasteiger partial charge in [-0.2, -0.15) is 0 Å². The zero-order valence-corrected chi connectivity index (χ0v) is 11.2. The minimum atomic E-state index is 0.604. The van der Waals surface area contributed by atoms with Crippen molar-refractivity contribution in [3.05, 3.63) is 41.0 Å². The fourth-order valence-corrected chi connectivity index (χ4v) is 2.16. The van der Waals surface area contributed by atoms with Gasteiger partial charge in [-0.3, -0.25) is 0 Å². The van der Waals surface area contributed by atoms with Crippen LogP contribution in [0.25, 0.3) is 6.08 Å². The average molecular weight is 229 g/mol. The Morgan fingerprint density at radius 1 is 1.41 bits per heavy atom. The first-order valence-electron chi connectivity index (χ1n) is 6.65. The smallest absolute Gasteiger partial charge is 0.0167 e. The molecule has 92 valence electrons. The Balaban J connectivity index is 2.19. The van der Waals surface area contributed by atoms with Crippen LogP contribution in [-0.4, -0.2) is 13.6 Å². The molecule has 1 aliphatic carbocycles. The first-order chi connectivity index (χ1) is 8.20. The van der Waals surface area contributed by atoms with Crippen molar-refractivity contribution >= 4 is 6.08 Å². The van der Waals surface area contributed by atoms with Gasteiger partial charge in [0.25, 0.3) is 0 Å². The largest absolute Gasteiger partial charge is 0.316 e. The molecule has 1 aromatic rings. The van der Waals surface area contributed by atoms with Gasteiger partial charge < -0.3 is 5.32 Å². The summed E-state index contributed by atoms with van der Waals surface area (Å²) in [6.07, 6.45) is 5.09. The quantitative estimate of drug-likeness (QED) is 0.809. The van der Waals surface area contributed by atoms with Crippen LogP contribution >= 0.6 is 0 Å². The van der Waals surface area contributed by atoms with Gasteiger partial charge in [0.2, 0.25) is 0 Å². The molecule has 1 fully saturated rings. The third-order valence-corrected chi connectivity index (χ3v) is 3.43. The van der Waals surface area contributed by atoms with Gasteiger partial charge in [-0.15, -0.1) is 0 Å². The molecular weight excluding hydrogens is 206 g/mol. The minimum Gasteiger partial charge on any atom is -0.316 e. The molecule has 17 heavy (non-hydrogen) atoms. The number of hydrogen-bond acceptors (Lipinski definition) is 1. The lowest BCUT2D eigenvalue weighted by Crippen LogP contribution is -2.13. The van der Waals surface area contributed by atoms with Crippen molar-refractivity contribution in [1.29, 1.82) is 0 Å². The Morgan fingerprint density at radius 2 is 2.18 bits per heavy atom. The van der Waals surface area contributed by atoms with E-state index in [9.17, 15) is 0 Å². The van der Waals surface area contributed by atoms with Gasteiger partial charge in [-0.05, 0) is 42.9 Å². The topological polar surface area (TPSA) is 12.0 Å². The molecule has 0 spiro atoms.